The summed E-state index contributed by atoms with van der Waals surface area (Å²) in [5, 5.41) is 7.88. The molecule has 3 aromatic rings. The normalized spacial score (nSPS) is 10.4. The molecule has 128 valence electrons. The Hall–Kier alpha value is -2.93. The number of hydrogen-bond donors (Lipinski definition) is 2. The van der Waals surface area contributed by atoms with Crippen molar-refractivity contribution in [1.29, 1.82) is 0 Å². The van der Waals surface area contributed by atoms with Crippen molar-refractivity contribution in [2.45, 2.75) is 19.8 Å². The zero-order valence-electron chi connectivity index (χ0n) is 13.6. The third kappa shape index (κ3) is 4.54. The number of nitrogens with one attached hydrogen (secondary N) is 2. The Morgan fingerprint density at radius 1 is 1.16 bits per heavy atom. The van der Waals surface area contributed by atoms with Gasteiger partial charge in [-0.3, -0.25) is 14.9 Å². The Labute approximate surface area is 148 Å². The highest BCUT2D eigenvalue weighted by Gasteiger charge is 2.12. The summed E-state index contributed by atoms with van der Waals surface area (Å²) in [6.45, 7) is 1.95. The van der Waals surface area contributed by atoms with E-state index in [4.69, 9.17) is 4.42 Å². The minimum Gasteiger partial charge on any atom is -0.459 e. The lowest BCUT2D eigenvalue weighted by atomic mass is 10.2. The topological polar surface area (TPSA) is 84.2 Å². The standard InChI is InChI=1S/C18H17N3O3S/c1-12-5-2-3-6-14(12)20-16(22)9-8-13-11-25-18(19-13)21-17(23)15-7-4-10-24-15/h2-7,10-11H,8-9H2,1H3,(H,20,22)(H,19,21,23). The van der Waals surface area contributed by atoms with Crippen molar-refractivity contribution in [1.82, 2.24) is 4.98 Å². The molecule has 0 unspecified atom stereocenters. The lowest BCUT2D eigenvalue weighted by molar-refractivity contribution is -0.116. The maximum Gasteiger partial charge on any atom is 0.293 e. The lowest BCUT2D eigenvalue weighted by Gasteiger charge is -2.07. The van der Waals surface area contributed by atoms with Crippen LogP contribution in [0.3, 0.4) is 0 Å². The van der Waals surface area contributed by atoms with Gasteiger partial charge in [0.25, 0.3) is 5.91 Å². The monoisotopic (exact) mass is 355 g/mol. The molecule has 0 spiro atoms. The summed E-state index contributed by atoms with van der Waals surface area (Å²) in [5.74, 6) is -0.180. The average molecular weight is 355 g/mol. The summed E-state index contributed by atoms with van der Waals surface area (Å²) in [7, 11) is 0. The quantitative estimate of drug-likeness (QED) is 0.703. The number of para-hydroxylation sites is 1. The Balaban J connectivity index is 1.51. The number of aromatic nitrogens is 1. The van der Waals surface area contributed by atoms with Crippen LogP contribution in [0.15, 0.2) is 52.5 Å². The fraction of sp³-hybridized carbons (Fsp3) is 0.167. The van der Waals surface area contributed by atoms with Gasteiger partial charge in [-0.15, -0.1) is 11.3 Å². The molecule has 0 radical (unpaired) electrons. The van der Waals surface area contributed by atoms with Gasteiger partial charge in [-0.2, -0.15) is 0 Å². The van der Waals surface area contributed by atoms with E-state index in [1.165, 1.54) is 17.6 Å². The Bertz CT molecular complexity index is 871. The fourth-order valence-electron chi connectivity index (χ4n) is 2.21. The molecule has 0 aliphatic rings. The van der Waals surface area contributed by atoms with Crippen LogP contribution in [0.25, 0.3) is 0 Å². The predicted molar refractivity (Wildman–Crippen MR) is 96.9 cm³/mol. The number of anilines is 2. The van der Waals surface area contributed by atoms with E-state index in [2.05, 4.69) is 15.6 Å². The maximum absolute atomic E-state index is 12.1. The molecule has 0 fully saturated rings. The molecule has 2 heterocycles. The number of rotatable bonds is 6. The van der Waals surface area contributed by atoms with E-state index >= 15 is 0 Å². The second-order valence-corrected chi connectivity index (χ2v) is 6.30. The van der Waals surface area contributed by atoms with E-state index in [-0.39, 0.29) is 17.6 Å². The Morgan fingerprint density at radius 3 is 2.76 bits per heavy atom. The van der Waals surface area contributed by atoms with Crippen molar-refractivity contribution >= 4 is 34.0 Å². The Morgan fingerprint density at radius 2 is 2.00 bits per heavy atom. The number of aryl methyl sites for hydroxylation is 2. The van der Waals surface area contributed by atoms with Crippen molar-refractivity contribution < 1.29 is 14.0 Å². The molecule has 0 aliphatic heterocycles. The summed E-state index contributed by atoms with van der Waals surface area (Å²) >= 11 is 1.32. The van der Waals surface area contributed by atoms with Crippen LogP contribution in [0, 0.1) is 6.92 Å². The second-order valence-electron chi connectivity index (χ2n) is 5.44. The van der Waals surface area contributed by atoms with Gasteiger partial charge in [0, 0.05) is 17.5 Å². The first-order chi connectivity index (χ1) is 12.1. The van der Waals surface area contributed by atoms with Gasteiger partial charge in [0.05, 0.1) is 12.0 Å². The van der Waals surface area contributed by atoms with E-state index in [9.17, 15) is 9.59 Å². The molecule has 3 rings (SSSR count). The molecule has 1 aromatic carbocycles. The highest BCUT2D eigenvalue weighted by atomic mass is 32.1. The van der Waals surface area contributed by atoms with Gasteiger partial charge in [-0.1, -0.05) is 18.2 Å². The molecule has 0 atom stereocenters. The summed E-state index contributed by atoms with van der Waals surface area (Å²) in [6, 6.07) is 10.9. The number of amides is 2. The molecular weight excluding hydrogens is 338 g/mol. The largest absolute Gasteiger partial charge is 0.459 e. The van der Waals surface area contributed by atoms with Crippen LogP contribution in [-0.4, -0.2) is 16.8 Å². The van der Waals surface area contributed by atoms with Crippen molar-refractivity contribution in [3.8, 4) is 0 Å². The molecule has 0 aliphatic carbocycles. The molecule has 0 saturated carbocycles. The Kier molecular flexibility index (Phi) is 5.25. The van der Waals surface area contributed by atoms with Crippen molar-refractivity contribution in [2.75, 3.05) is 10.6 Å². The van der Waals surface area contributed by atoms with Crippen LogP contribution < -0.4 is 10.6 Å². The number of nitrogens with zero attached hydrogens (tertiary/aromatic N) is 1. The van der Waals surface area contributed by atoms with Crippen LogP contribution in [0.2, 0.25) is 0 Å². The molecule has 0 saturated heterocycles. The number of carbonyl (C=O) groups excluding carboxylic acids is 2. The van der Waals surface area contributed by atoms with Gasteiger partial charge in [0.2, 0.25) is 5.91 Å². The molecule has 7 heteroatoms. The fourth-order valence-corrected chi connectivity index (χ4v) is 2.95. The van der Waals surface area contributed by atoms with Crippen LogP contribution in [0.5, 0.6) is 0 Å². The minimum absolute atomic E-state index is 0.0662. The minimum atomic E-state index is -0.344. The van der Waals surface area contributed by atoms with Gasteiger partial charge in [-0.05, 0) is 37.1 Å². The molecule has 25 heavy (non-hydrogen) atoms. The first-order valence-electron chi connectivity index (χ1n) is 7.76. The van der Waals surface area contributed by atoms with Crippen molar-refractivity contribution in [2.24, 2.45) is 0 Å². The summed E-state index contributed by atoms with van der Waals surface area (Å²) in [4.78, 5) is 28.3. The van der Waals surface area contributed by atoms with Gasteiger partial charge >= 0.3 is 0 Å². The molecule has 0 bridgehead atoms. The number of benzene rings is 1. The summed E-state index contributed by atoms with van der Waals surface area (Å²) in [5.41, 5.74) is 2.60. The first-order valence-corrected chi connectivity index (χ1v) is 8.64. The van der Waals surface area contributed by atoms with Crippen LogP contribution >= 0.6 is 11.3 Å². The number of hydrogen-bond acceptors (Lipinski definition) is 5. The molecule has 2 amide bonds. The van der Waals surface area contributed by atoms with E-state index < -0.39 is 0 Å². The van der Waals surface area contributed by atoms with Crippen LogP contribution in [0.4, 0.5) is 10.8 Å². The highest BCUT2D eigenvalue weighted by Crippen LogP contribution is 2.18. The van der Waals surface area contributed by atoms with E-state index in [0.717, 1.165) is 16.9 Å². The average Bonchev–Trinajstić information content (AvgIpc) is 3.27. The molecule has 2 aromatic heterocycles. The van der Waals surface area contributed by atoms with Gasteiger partial charge in [0.1, 0.15) is 0 Å². The van der Waals surface area contributed by atoms with Gasteiger partial charge in [0.15, 0.2) is 10.9 Å². The highest BCUT2D eigenvalue weighted by molar-refractivity contribution is 7.13. The predicted octanol–water partition coefficient (Wildman–Crippen LogP) is 3.87. The van der Waals surface area contributed by atoms with E-state index in [0.29, 0.717) is 18.0 Å². The third-order valence-corrected chi connectivity index (χ3v) is 4.35. The zero-order chi connectivity index (χ0) is 17.6. The molecule has 6 nitrogen and oxygen atoms in total. The van der Waals surface area contributed by atoms with Crippen LogP contribution in [0.1, 0.15) is 28.2 Å². The van der Waals surface area contributed by atoms with E-state index in [1.807, 2.05) is 36.6 Å². The second kappa shape index (κ2) is 7.76. The third-order valence-electron chi connectivity index (χ3n) is 3.54. The van der Waals surface area contributed by atoms with Gasteiger partial charge < -0.3 is 9.73 Å². The van der Waals surface area contributed by atoms with Crippen molar-refractivity contribution in [3.63, 3.8) is 0 Å². The molecule has 2 N–H and O–H groups in total. The van der Waals surface area contributed by atoms with Gasteiger partial charge in [-0.25, -0.2) is 4.98 Å². The molecular formula is C18H17N3O3S. The summed E-state index contributed by atoms with van der Waals surface area (Å²) in [6.07, 6.45) is 2.27. The maximum atomic E-state index is 12.1. The first kappa shape index (κ1) is 16.9. The summed E-state index contributed by atoms with van der Waals surface area (Å²) < 4.78 is 5.03. The lowest BCUT2D eigenvalue weighted by Crippen LogP contribution is -2.13. The number of thiazole rings is 1. The van der Waals surface area contributed by atoms with Crippen LogP contribution in [-0.2, 0) is 11.2 Å². The number of carbonyl (C=O) groups is 2. The van der Waals surface area contributed by atoms with Crippen molar-refractivity contribution in [3.05, 3.63) is 65.1 Å². The smallest absolute Gasteiger partial charge is 0.293 e. The zero-order valence-corrected chi connectivity index (χ0v) is 14.4. The van der Waals surface area contributed by atoms with E-state index in [1.54, 1.807) is 12.1 Å². The SMILES string of the molecule is Cc1ccccc1NC(=O)CCc1csc(NC(=O)c2ccco2)n1. The number of furan rings is 1.